The molecular weight excluding hydrogens is 387 g/mol. The molecule has 5 nitrogen and oxygen atoms in total. The number of anilines is 1. The fraction of sp³-hybridized carbons (Fsp3) is 0.273. The molecule has 4 rings (SSSR count). The number of aromatic nitrogens is 1. The van der Waals surface area contributed by atoms with Gasteiger partial charge in [-0.25, -0.2) is 9.37 Å². The van der Waals surface area contributed by atoms with Gasteiger partial charge in [0.15, 0.2) is 0 Å². The quantitative estimate of drug-likeness (QED) is 0.635. The number of nitrogens with zero attached hydrogens (tertiary/aromatic N) is 4. The lowest BCUT2D eigenvalue weighted by Gasteiger charge is -2.35. The van der Waals surface area contributed by atoms with E-state index in [0.717, 1.165) is 54.7 Å². The Morgan fingerprint density at radius 2 is 2.00 bits per heavy atom. The van der Waals surface area contributed by atoms with Crippen molar-refractivity contribution in [2.24, 2.45) is 0 Å². The van der Waals surface area contributed by atoms with Crippen LogP contribution in [0.4, 0.5) is 10.1 Å². The zero-order valence-electron chi connectivity index (χ0n) is 16.1. The van der Waals surface area contributed by atoms with Crippen LogP contribution in [0.5, 0.6) is 5.75 Å². The van der Waals surface area contributed by atoms with E-state index in [1.54, 1.807) is 30.6 Å². The van der Waals surface area contributed by atoms with Crippen LogP contribution in [0.3, 0.4) is 0 Å². The predicted octanol–water partition coefficient (Wildman–Crippen LogP) is 4.15. The molecule has 0 bridgehead atoms. The highest BCUT2D eigenvalue weighted by Crippen LogP contribution is 2.28. The second-order valence-corrected chi connectivity index (χ2v) is 7.78. The third kappa shape index (κ3) is 4.39. The molecule has 2 aromatic carbocycles. The average molecular weight is 409 g/mol. The normalized spacial score (nSPS) is 14.6. The van der Waals surface area contributed by atoms with Crippen molar-refractivity contribution in [3.8, 4) is 22.4 Å². The summed E-state index contributed by atoms with van der Waals surface area (Å²) in [5.74, 6) is 0.491. The summed E-state index contributed by atoms with van der Waals surface area (Å²) in [6.45, 7) is 3.95. The first-order valence-electron chi connectivity index (χ1n) is 9.42. The van der Waals surface area contributed by atoms with Crippen LogP contribution >= 0.6 is 11.3 Å². The van der Waals surface area contributed by atoms with Gasteiger partial charge in [0, 0.05) is 43.7 Å². The molecule has 1 aliphatic rings. The molecule has 1 aromatic heterocycles. The number of nitriles is 1. The molecule has 0 N–H and O–H groups in total. The van der Waals surface area contributed by atoms with Gasteiger partial charge >= 0.3 is 0 Å². The summed E-state index contributed by atoms with van der Waals surface area (Å²) in [6.07, 6.45) is 0. The Hall–Kier alpha value is -2.95. The van der Waals surface area contributed by atoms with Gasteiger partial charge in [-0.15, -0.1) is 11.3 Å². The Labute approximate surface area is 173 Å². The van der Waals surface area contributed by atoms with Crippen molar-refractivity contribution in [3.63, 3.8) is 0 Å². The summed E-state index contributed by atoms with van der Waals surface area (Å²) in [7, 11) is 1.66. The first kappa shape index (κ1) is 19.4. The highest BCUT2D eigenvalue weighted by atomic mass is 32.1. The largest absolute Gasteiger partial charge is 0.497 e. The summed E-state index contributed by atoms with van der Waals surface area (Å²) in [5, 5.41) is 12.0. The van der Waals surface area contributed by atoms with Crippen LogP contribution in [0.2, 0.25) is 0 Å². The standard InChI is InChI=1S/C22H21FN4OS/c1-28-19-4-2-3-17(12-19)22-25-18(15-29-22)14-26-7-9-27(10-8-26)21-6-5-16(13-24)11-20(21)23/h2-6,11-12,15H,7-10,14H2,1H3. The smallest absolute Gasteiger partial charge is 0.147 e. The van der Waals surface area contributed by atoms with E-state index in [1.807, 2.05) is 35.2 Å². The molecule has 1 aliphatic heterocycles. The number of hydrogen-bond acceptors (Lipinski definition) is 6. The number of piperazine rings is 1. The number of benzene rings is 2. The van der Waals surface area contributed by atoms with Crippen LogP contribution in [0.1, 0.15) is 11.3 Å². The van der Waals surface area contributed by atoms with Gasteiger partial charge in [-0.2, -0.15) is 5.26 Å². The number of hydrogen-bond donors (Lipinski definition) is 0. The second kappa shape index (κ2) is 8.60. The summed E-state index contributed by atoms with van der Waals surface area (Å²) in [4.78, 5) is 9.15. The summed E-state index contributed by atoms with van der Waals surface area (Å²) < 4.78 is 19.6. The Kier molecular flexibility index (Phi) is 5.74. The third-order valence-corrected chi connectivity index (χ3v) is 5.98. The molecule has 0 amide bonds. The lowest BCUT2D eigenvalue weighted by atomic mass is 10.2. The molecule has 148 valence electrons. The summed E-state index contributed by atoms with van der Waals surface area (Å²) in [5.41, 5.74) is 3.02. The van der Waals surface area contributed by atoms with Crippen LogP contribution in [0.15, 0.2) is 47.8 Å². The van der Waals surface area contributed by atoms with E-state index in [9.17, 15) is 4.39 Å². The molecule has 1 saturated heterocycles. The van der Waals surface area contributed by atoms with E-state index >= 15 is 0 Å². The lowest BCUT2D eigenvalue weighted by molar-refractivity contribution is 0.247. The van der Waals surface area contributed by atoms with Crippen molar-refractivity contribution in [2.75, 3.05) is 38.2 Å². The lowest BCUT2D eigenvalue weighted by Crippen LogP contribution is -2.46. The Morgan fingerprint density at radius 3 is 2.72 bits per heavy atom. The number of thiazole rings is 1. The third-order valence-electron chi connectivity index (χ3n) is 5.04. The summed E-state index contributed by atoms with van der Waals surface area (Å²) >= 11 is 1.63. The van der Waals surface area contributed by atoms with Gasteiger partial charge in [-0.1, -0.05) is 12.1 Å². The van der Waals surface area contributed by atoms with Gasteiger partial charge in [0.25, 0.3) is 0 Å². The Balaban J connectivity index is 1.37. The van der Waals surface area contributed by atoms with Crippen LogP contribution < -0.4 is 9.64 Å². The van der Waals surface area contributed by atoms with Crippen molar-refractivity contribution in [3.05, 3.63) is 64.9 Å². The van der Waals surface area contributed by atoms with E-state index in [2.05, 4.69) is 10.3 Å². The molecule has 7 heteroatoms. The predicted molar refractivity (Wildman–Crippen MR) is 113 cm³/mol. The van der Waals surface area contributed by atoms with Crippen molar-refractivity contribution in [1.82, 2.24) is 9.88 Å². The van der Waals surface area contributed by atoms with E-state index in [1.165, 1.54) is 6.07 Å². The van der Waals surface area contributed by atoms with E-state index < -0.39 is 0 Å². The number of methoxy groups -OCH3 is 1. The van der Waals surface area contributed by atoms with E-state index in [0.29, 0.717) is 11.3 Å². The minimum absolute atomic E-state index is 0.333. The molecule has 0 unspecified atom stereocenters. The summed E-state index contributed by atoms with van der Waals surface area (Å²) in [6, 6.07) is 14.6. The minimum atomic E-state index is -0.333. The maximum Gasteiger partial charge on any atom is 0.147 e. The molecular formula is C22H21FN4OS. The van der Waals surface area contributed by atoms with E-state index in [4.69, 9.17) is 15.0 Å². The first-order chi connectivity index (χ1) is 14.2. The fourth-order valence-corrected chi connectivity index (χ4v) is 4.29. The second-order valence-electron chi connectivity index (χ2n) is 6.92. The zero-order chi connectivity index (χ0) is 20.2. The minimum Gasteiger partial charge on any atom is -0.497 e. The maximum absolute atomic E-state index is 14.3. The molecule has 0 saturated carbocycles. The van der Waals surface area contributed by atoms with Crippen molar-refractivity contribution in [1.29, 1.82) is 5.26 Å². The SMILES string of the molecule is COc1cccc(-c2nc(CN3CCN(c4ccc(C#N)cc4F)CC3)cs2)c1. The van der Waals surface area contributed by atoms with Gasteiger partial charge in [-0.05, 0) is 30.3 Å². The first-order valence-corrected chi connectivity index (χ1v) is 10.3. The molecule has 2 heterocycles. The fourth-order valence-electron chi connectivity index (χ4n) is 3.48. The number of halogens is 1. The number of rotatable bonds is 5. The van der Waals surface area contributed by atoms with Crippen LogP contribution in [0.25, 0.3) is 10.6 Å². The van der Waals surface area contributed by atoms with Crippen LogP contribution in [-0.2, 0) is 6.54 Å². The van der Waals surface area contributed by atoms with Gasteiger partial charge in [-0.3, -0.25) is 4.90 Å². The molecule has 0 radical (unpaired) electrons. The molecule has 0 aliphatic carbocycles. The molecule has 1 fully saturated rings. The van der Waals surface area contributed by atoms with E-state index in [-0.39, 0.29) is 5.82 Å². The molecule has 29 heavy (non-hydrogen) atoms. The van der Waals surface area contributed by atoms with Gasteiger partial charge < -0.3 is 9.64 Å². The zero-order valence-corrected chi connectivity index (χ0v) is 17.0. The van der Waals surface area contributed by atoms with Crippen LogP contribution in [-0.4, -0.2) is 43.2 Å². The topological polar surface area (TPSA) is 52.4 Å². The molecule has 3 aromatic rings. The molecule has 0 atom stereocenters. The Morgan fingerprint density at radius 1 is 1.17 bits per heavy atom. The highest BCUT2D eigenvalue weighted by Gasteiger charge is 2.20. The van der Waals surface area contributed by atoms with Crippen molar-refractivity contribution in [2.45, 2.75) is 6.54 Å². The Bertz CT molecular complexity index is 1040. The monoisotopic (exact) mass is 408 g/mol. The van der Waals surface area contributed by atoms with Crippen molar-refractivity contribution >= 4 is 17.0 Å². The van der Waals surface area contributed by atoms with Crippen molar-refractivity contribution < 1.29 is 9.13 Å². The highest BCUT2D eigenvalue weighted by molar-refractivity contribution is 7.13. The number of ether oxygens (including phenoxy) is 1. The van der Waals surface area contributed by atoms with Crippen LogP contribution in [0, 0.1) is 17.1 Å². The van der Waals surface area contributed by atoms with Gasteiger partial charge in [0.05, 0.1) is 30.1 Å². The average Bonchev–Trinajstić information content (AvgIpc) is 3.23. The van der Waals surface area contributed by atoms with Gasteiger partial charge in [0.2, 0.25) is 0 Å². The van der Waals surface area contributed by atoms with Gasteiger partial charge in [0.1, 0.15) is 16.6 Å². The molecule has 0 spiro atoms. The maximum atomic E-state index is 14.3.